The smallest absolute Gasteiger partial charge is 0.137 e. The molecular formula is C17H18BrClO3. The van der Waals surface area contributed by atoms with E-state index in [-0.39, 0.29) is 0 Å². The van der Waals surface area contributed by atoms with Crippen LogP contribution in [-0.4, -0.2) is 20.3 Å². The molecule has 2 aromatic rings. The van der Waals surface area contributed by atoms with Crippen LogP contribution in [0.1, 0.15) is 12.8 Å². The minimum atomic E-state index is 0.613. The van der Waals surface area contributed by atoms with Crippen LogP contribution in [0.4, 0.5) is 0 Å². The second kappa shape index (κ2) is 8.91. The maximum Gasteiger partial charge on any atom is 0.137 e. The van der Waals surface area contributed by atoms with Gasteiger partial charge in [0.25, 0.3) is 0 Å². The summed E-state index contributed by atoms with van der Waals surface area (Å²) in [5.41, 5.74) is 0. The second-order valence-electron chi connectivity index (χ2n) is 4.66. The number of unbranched alkanes of at least 4 members (excludes halogenated alkanes) is 1. The van der Waals surface area contributed by atoms with Crippen molar-refractivity contribution in [1.82, 2.24) is 0 Å². The van der Waals surface area contributed by atoms with Crippen LogP contribution >= 0.6 is 27.5 Å². The lowest BCUT2D eigenvalue weighted by Gasteiger charge is -2.09. The Hall–Kier alpha value is -1.39. The Morgan fingerprint density at radius 1 is 0.955 bits per heavy atom. The monoisotopic (exact) mass is 384 g/mol. The highest BCUT2D eigenvalue weighted by molar-refractivity contribution is 9.10. The minimum absolute atomic E-state index is 0.613. The number of methoxy groups -OCH3 is 1. The SMILES string of the molecule is COc1cccc(OCCCCOc2ccc(Br)cc2Cl)c1. The van der Waals surface area contributed by atoms with E-state index >= 15 is 0 Å². The van der Waals surface area contributed by atoms with E-state index < -0.39 is 0 Å². The van der Waals surface area contributed by atoms with E-state index in [9.17, 15) is 0 Å². The van der Waals surface area contributed by atoms with Crippen LogP contribution in [0, 0.1) is 0 Å². The van der Waals surface area contributed by atoms with E-state index in [4.69, 9.17) is 25.8 Å². The van der Waals surface area contributed by atoms with Gasteiger partial charge < -0.3 is 14.2 Å². The summed E-state index contributed by atoms with van der Waals surface area (Å²) in [6.45, 7) is 1.26. The fraction of sp³-hybridized carbons (Fsp3) is 0.294. The van der Waals surface area contributed by atoms with Crippen molar-refractivity contribution in [3.8, 4) is 17.2 Å². The molecule has 0 bridgehead atoms. The molecule has 2 aromatic carbocycles. The Morgan fingerprint density at radius 3 is 2.41 bits per heavy atom. The summed E-state index contributed by atoms with van der Waals surface area (Å²) < 4.78 is 17.4. The highest BCUT2D eigenvalue weighted by Gasteiger charge is 2.02. The van der Waals surface area contributed by atoms with Gasteiger partial charge in [-0.2, -0.15) is 0 Å². The first-order chi connectivity index (χ1) is 10.7. The lowest BCUT2D eigenvalue weighted by atomic mass is 10.3. The van der Waals surface area contributed by atoms with Gasteiger partial charge in [0.1, 0.15) is 17.2 Å². The Bertz CT molecular complexity index is 604. The van der Waals surface area contributed by atoms with Gasteiger partial charge in [0, 0.05) is 10.5 Å². The third-order valence-electron chi connectivity index (χ3n) is 3.00. The van der Waals surface area contributed by atoms with E-state index in [2.05, 4.69) is 15.9 Å². The van der Waals surface area contributed by atoms with Crippen molar-refractivity contribution < 1.29 is 14.2 Å². The van der Waals surface area contributed by atoms with Crippen LogP contribution in [0.25, 0.3) is 0 Å². The number of ether oxygens (including phenoxy) is 3. The molecule has 0 atom stereocenters. The van der Waals surface area contributed by atoms with Gasteiger partial charge in [-0.15, -0.1) is 0 Å². The zero-order chi connectivity index (χ0) is 15.8. The van der Waals surface area contributed by atoms with E-state index in [1.54, 1.807) is 7.11 Å². The molecule has 0 fully saturated rings. The van der Waals surface area contributed by atoms with E-state index in [0.717, 1.165) is 28.8 Å². The third kappa shape index (κ3) is 5.43. The maximum atomic E-state index is 6.09. The fourth-order valence-corrected chi connectivity index (χ4v) is 2.59. The Labute approximate surface area is 144 Å². The van der Waals surface area contributed by atoms with E-state index in [0.29, 0.717) is 24.0 Å². The van der Waals surface area contributed by atoms with Gasteiger partial charge in [-0.3, -0.25) is 0 Å². The van der Waals surface area contributed by atoms with Gasteiger partial charge >= 0.3 is 0 Å². The molecule has 0 saturated heterocycles. The predicted octanol–water partition coefficient (Wildman–Crippen LogP) is 5.35. The molecule has 0 aromatic heterocycles. The van der Waals surface area contributed by atoms with Crippen LogP contribution in [0.3, 0.4) is 0 Å². The van der Waals surface area contributed by atoms with E-state index in [1.807, 2.05) is 42.5 Å². The average molecular weight is 386 g/mol. The van der Waals surface area contributed by atoms with Gasteiger partial charge in [0.15, 0.2) is 0 Å². The quantitative estimate of drug-likeness (QED) is 0.573. The molecule has 0 aliphatic heterocycles. The van der Waals surface area contributed by atoms with Crippen molar-refractivity contribution in [2.45, 2.75) is 12.8 Å². The molecule has 0 saturated carbocycles. The zero-order valence-electron chi connectivity index (χ0n) is 12.4. The molecule has 2 rings (SSSR count). The van der Waals surface area contributed by atoms with Crippen LogP contribution in [0.2, 0.25) is 5.02 Å². The predicted molar refractivity (Wildman–Crippen MR) is 92.4 cm³/mol. The summed E-state index contributed by atoms with van der Waals surface area (Å²) in [5.74, 6) is 2.32. The largest absolute Gasteiger partial charge is 0.497 e. The summed E-state index contributed by atoms with van der Waals surface area (Å²) in [4.78, 5) is 0. The fourth-order valence-electron chi connectivity index (χ4n) is 1.86. The lowest BCUT2D eigenvalue weighted by molar-refractivity contribution is 0.266. The molecule has 0 heterocycles. The van der Waals surface area contributed by atoms with Crippen LogP contribution < -0.4 is 14.2 Å². The zero-order valence-corrected chi connectivity index (χ0v) is 14.7. The first-order valence-electron chi connectivity index (χ1n) is 7.04. The van der Waals surface area contributed by atoms with Crippen LogP contribution in [-0.2, 0) is 0 Å². The summed E-state index contributed by atoms with van der Waals surface area (Å²) in [6.07, 6.45) is 1.81. The van der Waals surface area contributed by atoms with Gasteiger partial charge in [0.2, 0.25) is 0 Å². The van der Waals surface area contributed by atoms with Crippen molar-refractivity contribution in [2.75, 3.05) is 20.3 Å². The molecule has 0 spiro atoms. The molecule has 118 valence electrons. The highest BCUT2D eigenvalue weighted by Crippen LogP contribution is 2.27. The Kier molecular flexibility index (Phi) is 6.87. The average Bonchev–Trinajstić information content (AvgIpc) is 2.52. The summed E-state index contributed by atoms with van der Waals surface area (Å²) in [6, 6.07) is 13.2. The maximum absolute atomic E-state index is 6.09. The van der Waals surface area contributed by atoms with Gasteiger partial charge in [0.05, 0.1) is 25.3 Å². The number of hydrogen-bond donors (Lipinski definition) is 0. The molecule has 0 unspecified atom stereocenters. The molecule has 0 aliphatic rings. The first-order valence-corrected chi connectivity index (χ1v) is 8.21. The molecule has 3 nitrogen and oxygen atoms in total. The van der Waals surface area contributed by atoms with Crippen LogP contribution in [0.15, 0.2) is 46.9 Å². The number of rotatable bonds is 8. The van der Waals surface area contributed by atoms with Crippen molar-refractivity contribution in [3.63, 3.8) is 0 Å². The first kappa shape index (κ1) is 17.0. The molecule has 0 aliphatic carbocycles. The standard InChI is InChI=1S/C17H18BrClO3/c1-20-14-5-4-6-15(12-14)21-9-2-3-10-22-17-8-7-13(18)11-16(17)19/h4-8,11-12H,2-3,9-10H2,1H3. The Balaban J connectivity index is 1.65. The normalized spacial score (nSPS) is 10.3. The minimum Gasteiger partial charge on any atom is -0.497 e. The Morgan fingerprint density at radius 2 is 1.68 bits per heavy atom. The van der Waals surface area contributed by atoms with Gasteiger partial charge in [-0.25, -0.2) is 0 Å². The molecule has 0 amide bonds. The van der Waals surface area contributed by atoms with Crippen LogP contribution in [0.5, 0.6) is 17.2 Å². The third-order valence-corrected chi connectivity index (χ3v) is 3.79. The lowest BCUT2D eigenvalue weighted by Crippen LogP contribution is -2.03. The molecular weight excluding hydrogens is 368 g/mol. The van der Waals surface area contributed by atoms with Crippen molar-refractivity contribution in [3.05, 3.63) is 52.0 Å². The molecule has 5 heteroatoms. The number of halogens is 2. The van der Waals surface area contributed by atoms with E-state index in [1.165, 1.54) is 0 Å². The summed E-state index contributed by atoms with van der Waals surface area (Å²) in [5, 5.41) is 0.613. The number of benzene rings is 2. The summed E-state index contributed by atoms with van der Waals surface area (Å²) in [7, 11) is 1.64. The molecule has 22 heavy (non-hydrogen) atoms. The second-order valence-corrected chi connectivity index (χ2v) is 5.98. The topological polar surface area (TPSA) is 27.7 Å². The van der Waals surface area contributed by atoms with Crippen molar-refractivity contribution >= 4 is 27.5 Å². The highest BCUT2D eigenvalue weighted by atomic mass is 79.9. The van der Waals surface area contributed by atoms with Crippen molar-refractivity contribution in [1.29, 1.82) is 0 Å². The number of hydrogen-bond acceptors (Lipinski definition) is 3. The van der Waals surface area contributed by atoms with Gasteiger partial charge in [-0.05, 0) is 43.2 Å². The molecule has 0 radical (unpaired) electrons. The summed E-state index contributed by atoms with van der Waals surface area (Å²) >= 11 is 9.45. The van der Waals surface area contributed by atoms with Gasteiger partial charge in [-0.1, -0.05) is 33.6 Å². The van der Waals surface area contributed by atoms with Crippen molar-refractivity contribution in [2.24, 2.45) is 0 Å². The molecule has 0 N–H and O–H groups in total.